The first-order valence-electron chi connectivity index (χ1n) is 13.0. The fourth-order valence-corrected chi connectivity index (χ4v) is 4.19. The van der Waals surface area contributed by atoms with E-state index >= 15 is 0 Å². The van der Waals surface area contributed by atoms with Crippen molar-refractivity contribution < 1.29 is 28.7 Å². The van der Waals surface area contributed by atoms with Crippen LogP contribution in [0.5, 0.6) is 5.75 Å². The van der Waals surface area contributed by atoms with Gasteiger partial charge in [-0.3, -0.25) is 19.2 Å². The molecule has 196 valence electrons. The number of ketones is 1. The van der Waals surface area contributed by atoms with Gasteiger partial charge < -0.3 is 14.8 Å². The van der Waals surface area contributed by atoms with Gasteiger partial charge in [-0.1, -0.05) is 52.4 Å². The average molecular weight is 490 g/mol. The maximum atomic E-state index is 13.0. The number of carbonyl (C=O) groups excluding carboxylic acids is 4. The third-order valence-corrected chi connectivity index (χ3v) is 5.92. The highest BCUT2D eigenvalue weighted by atomic mass is 16.5. The van der Waals surface area contributed by atoms with E-state index in [9.17, 15) is 19.2 Å². The number of ether oxygens (including phenoxy) is 2. The smallest absolute Gasteiger partial charge is 0.308 e. The Kier molecular flexibility index (Phi) is 14.6. The van der Waals surface area contributed by atoms with Crippen LogP contribution in [0.15, 0.2) is 12.1 Å². The van der Waals surface area contributed by atoms with Gasteiger partial charge in [0.15, 0.2) is 5.78 Å². The predicted octanol–water partition coefficient (Wildman–Crippen LogP) is 6.42. The molecule has 0 heterocycles. The van der Waals surface area contributed by atoms with Gasteiger partial charge in [-0.15, -0.1) is 0 Å². The number of amides is 1. The first-order chi connectivity index (χ1) is 16.7. The van der Waals surface area contributed by atoms with Gasteiger partial charge in [-0.05, 0) is 49.3 Å². The summed E-state index contributed by atoms with van der Waals surface area (Å²) in [6.45, 7) is 8.77. The summed E-state index contributed by atoms with van der Waals surface area (Å²) in [5, 5.41) is 2.79. The molecule has 0 fully saturated rings. The molecule has 0 aromatic heterocycles. The van der Waals surface area contributed by atoms with Gasteiger partial charge >= 0.3 is 11.9 Å². The summed E-state index contributed by atoms with van der Waals surface area (Å²) in [5.74, 6) is -0.400. The summed E-state index contributed by atoms with van der Waals surface area (Å²) < 4.78 is 10.6. The monoisotopic (exact) mass is 489 g/mol. The molecule has 35 heavy (non-hydrogen) atoms. The summed E-state index contributed by atoms with van der Waals surface area (Å²) in [4.78, 5) is 47.8. The maximum Gasteiger partial charge on any atom is 0.308 e. The Morgan fingerprint density at radius 1 is 0.857 bits per heavy atom. The second kappa shape index (κ2) is 16.8. The number of Topliss-reactive ketones (excluding diaryl/α,β-unsaturated/α-hetero) is 1. The number of aryl methyl sites for hydroxylation is 1. The molecule has 0 aliphatic carbocycles. The number of nitrogens with one attached hydrogen (secondary N) is 1. The van der Waals surface area contributed by atoms with Crippen molar-refractivity contribution in [3.63, 3.8) is 0 Å². The minimum atomic E-state index is -0.462. The van der Waals surface area contributed by atoms with E-state index in [0.717, 1.165) is 63.4 Å². The normalized spacial score (nSPS) is 11.6. The number of carbonyl (C=O) groups is 4. The fourth-order valence-electron chi connectivity index (χ4n) is 4.19. The minimum Gasteiger partial charge on any atom is -0.466 e. The summed E-state index contributed by atoms with van der Waals surface area (Å²) in [5.41, 5.74) is 1.58. The molecule has 7 heteroatoms. The molecule has 1 atom stereocenters. The lowest BCUT2D eigenvalue weighted by Crippen LogP contribution is -2.14. The molecule has 0 spiro atoms. The number of hydrogen-bond donors (Lipinski definition) is 1. The maximum absolute atomic E-state index is 13.0. The molecule has 1 aromatic carbocycles. The van der Waals surface area contributed by atoms with Crippen LogP contribution < -0.4 is 10.1 Å². The third-order valence-electron chi connectivity index (χ3n) is 5.92. The zero-order valence-electron chi connectivity index (χ0n) is 22.2. The van der Waals surface area contributed by atoms with Crippen LogP contribution in [0.1, 0.15) is 115 Å². The van der Waals surface area contributed by atoms with Gasteiger partial charge in [0.2, 0.25) is 5.91 Å². The lowest BCUT2D eigenvalue weighted by Gasteiger charge is -2.19. The van der Waals surface area contributed by atoms with Crippen LogP contribution >= 0.6 is 0 Å². The topological polar surface area (TPSA) is 98.8 Å². The largest absolute Gasteiger partial charge is 0.466 e. The van der Waals surface area contributed by atoms with Gasteiger partial charge in [0.25, 0.3) is 0 Å². The molecule has 1 unspecified atom stereocenters. The van der Waals surface area contributed by atoms with Gasteiger partial charge in [0.1, 0.15) is 5.75 Å². The van der Waals surface area contributed by atoms with E-state index in [1.54, 1.807) is 12.1 Å². The van der Waals surface area contributed by atoms with Crippen molar-refractivity contribution in [2.24, 2.45) is 5.92 Å². The Balaban J connectivity index is 3.13. The molecule has 1 rings (SSSR count). The standard InChI is InChI=1S/C28H43NO6/c1-6-8-9-10-11-13-27(33)25-19-28(35-22(5)32)24(18-26(25)29-20(3)30)15-14-23(12-7-2)16-17-34-21(4)31/h18-19,23H,6-17H2,1-5H3,(H,29,30). The molecule has 0 radical (unpaired) electrons. The minimum absolute atomic E-state index is 0.0737. The van der Waals surface area contributed by atoms with Crippen LogP contribution in [0.4, 0.5) is 5.69 Å². The van der Waals surface area contributed by atoms with E-state index in [1.165, 1.54) is 20.8 Å². The molecule has 1 aromatic rings. The molecule has 1 amide bonds. The van der Waals surface area contributed by atoms with Gasteiger partial charge in [-0.25, -0.2) is 0 Å². The van der Waals surface area contributed by atoms with Crippen molar-refractivity contribution in [3.8, 4) is 5.75 Å². The zero-order valence-corrected chi connectivity index (χ0v) is 22.2. The van der Waals surface area contributed by atoms with Gasteiger partial charge in [-0.2, -0.15) is 0 Å². The molecule has 0 saturated heterocycles. The summed E-state index contributed by atoms with van der Waals surface area (Å²) >= 11 is 0. The molecular formula is C28H43NO6. The van der Waals surface area contributed by atoms with Crippen molar-refractivity contribution in [1.82, 2.24) is 0 Å². The zero-order chi connectivity index (χ0) is 26.2. The van der Waals surface area contributed by atoms with Crippen LogP contribution in [0.25, 0.3) is 0 Å². The fraction of sp³-hybridized carbons (Fsp3) is 0.643. The van der Waals surface area contributed by atoms with E-state index in [2.05, 4.69) is 19.2 Å². The Labute approximate surface area is 210 Å². The lowest BCUT2D eigenvalue weighted by molar-refractivity contribution is -0.141. The highest BCUT2D eigenvalue weighted by molar-refractivity contribution is 6.05. The van der Waals surface area contributed by atoms with Crippen LogP contribution in [0, 0.1) is 5.92 Å². The van der Waals surface area contributed by atoms with E-state index in [4.69, 9.17) is 9.47 Å². The van der Waals surface area contributed by atoms with E-state index in [-0.39, 0.29) is 17.7 Å². The lowest BCUT2D eigenvalue weighted by atomic mass is 9.91. The second-order valence-corrected chi connectivity index (χ2v) is 9.19. The predicted molar refractivity (Wildman–Crippen MR) is 138 cm³/mol. The van der Waals surface area contributed by atoms with Crippen molar-refractivity contribution >= 4 is 29.3 Å². The van der Waals surface area contributed by atoms with E-state index in [1.807, 2.05) is 0 Å². The molecule has 0 aliphatic heterocycles. The summed E-state index contributed by atoms with van der Waals surface area (Å²) in [6, 6.07) is 3.36. The molecule has 0 aliphatic rings. The Morgan fingerprint density at radius 3 is 2.17 bits per heavy atom. The Hall–Kier alpha value is -2.70. The number of benzene rings is 1. The number of hydrogen-bond acceptors (Lipinski definition) is 6. The van der Waals surface area contributed by atoms with Crippen molar-refractivity contribution in [1.29, 1.82) is 0 Å². The van der Waals surface area contributed by atoms with Crippen LogP contribution in [0.3, 0.4) is 0 Å². The Morgan fingerprint density at radius 2 is 1.57 bits per heavy atom. The van der Waals surface area contributed by atoms with Crippen LogP contribution in [0.2, 0.25) is 0 Å². The first-order valence-corrected chi connectivity index (χ1v) is 13.0. The average Bonchev–Trinajstić information content (AvgIpc) is 2.77. The highest BCUT2D eigenvalue weighted by Gasteiger charge is 2.19. The SMILES string of the molecule is CCCCCCCC(=O)c1cc(OC(C)=O)c(CCC(CCC)CCOC(C)=O)cc1NC(C)=O. The second-order valence-electron chi connectivity index (χ2n) is 9.19. The van der Waals surface area contributed by atoms with E-state index < -0.39 is 5.97 Å². The van der Waals surface area contributed by atoms with E-state index in [0.29, 0.717) is 42.4 Å². The van der Waals surface area contributed by atoms with Gasteiger partial charge in [0, 0.05) is 32.8 Å². The van der Waals surface area contributed by atoms with Crippen LogP contribution in [-0.4, -0.2) is 30.2 Å². The molecule has 0 bridgehead atoms. The Bertz CT molecular complexity index is 848. The number of anilines is 1. The quantitative estimate of drug-likeness (QED) is 0.117. The first kappa shape index (κ1) is 30.3. The summed E-state index contributed by atoms with van der Waals surface area (Å²) in [7, 11) is 0. The molecular weight excluding hydrogens is 446 g/mol. The number of unbranched alkanes of at least 4 members (excludes halogenated alkanes) is 4. The molecule has 0 saturated carbocycles. The van der Waals surface area contributed by atoms with Gasteiger partial charge in [0.05, 0.1) is 12.3 Å². The third kappa shape index (κ3) is 12.5. The number of esters is 2. The molecule has 7 nitrogen and oxygen atoms in total. The van der Waals surface area contributed by atoms with Crippen molar-refractivity contribution in [3.05, 3.63) is 23.3 Å². The summed E-state index contributed by atoms with van der Waals surface area (Å²) in [6.07, 6.45) is 9.66. The van der Waals surface area contributed by atoms with Crippen molar-refractivity contribution in [2.75, 3.05) is 11.9 Å². The van der Waals surface area contributed by atoms with Crippen LogP contribution in [-0.2, 0) is 25.5 Å². The number of rotatable bonds is 17. The van der Waals surface area contributed by atoms with Crippen molar-refractivity contribution in [2.45, 2.75) is 105 Å². The highest BCUT2D eigenvalue weighted by Crippen LogP contribution is 2.32. The molecule has 1 N–H and O–H groups in total.